The van der Waals surface area contributed by atoms with Gasteiger partial charge in [-0.15, -0.1) is 0 Å². The molecule has 0 unspecified atom stereocenters. The third kappa shape index (κ3) is 10.5. The van der Waals surface area contributed by atoms with E-state index in [-0.39, 0.29) is 22.3 Å². The van der Waals surface area contributed by atoms with Crippen molar-refractivity contribution in [2.24, 2.45) is 0 Å². The molecule has 0 saturated carbocycles. The lowest BCUT2D eigenvalue weighted by Crippen LogP contribution is -2.65. The van der Waals surface area contributed by atoms with Gasteiger partial charge in [0.2, 0.25) is 0 Å². The summed E-state index contributed by atoms with van der Waals surface area (Å²) in [5.74, 6) is -4.20. The summed E-state index contributed by atoms with van der Waals surface area (Å²) >= 11 is 1.48. The summed E-state index contributed by atoms with van der Waals surface area (Å²) in [7, 11) is 0. The van der Waals surface area contributed by atoms with Crippen molar-refractivity contribution in [2.45, 2.75) is 92.0 Å². The van der Waals surface area contributed by atoms with Gasteiger partial charge in [-0.05, 0) is 81.4 Å². The molecule has 0 aromatic heterocycles. The molecule has 0 spiro atoms. The maximum Gasteiger partial charge on any atom is 0.338 e. The number of hydrogen-bond donors (Lipinski definition) is 0. The molecule has 3 heterocycles. The first-order valence-corrected chi connectivity index (χ1v) is 21.4. The van der Waals surface area contributed by atoms with Crippen molar-refractivity contribution in [3.8, 4) is 0 Å². The van der Waals surface area contributed by atoms with Gasteiger partial charge < -0.3 is 42.6 Å². The van der Waals surface area contributed by atoms with Crippen LogP contribution in [0.2, 0.25) is 0 Å². The van der Waals surface area contributed by atoms with Crippen LogP contribution in [0.4, 0.5) is 0 Å². The lowest BCUT2D eigenvalue weighted by molar-refractivity contribution is -0.329. The minimum atomic E-state index is -1.61. The van der Waals surface area contributed by atoms with Crippen LogP contribution in [0.15, 0.2) is 157 Å². The SMILES string of the molecule is C[C@@H]1O[C@@H](Sc2ccccc2)[C@@H]2OC(C)(C)O[C@@H]2[C@H]1O[C@@H]1O[C@H](COC(=O)c2ccccc2)[C@@H](OC(=O)c2ccccc2)[C@H](OC(=O)c2ccccc2)[C@H]1OC(=O)c1ccccc1. The largest absolute Gasteiger partial charge is 0.459 e. The first kappa shape index (κ1) is 43.8. The van der Waals surface area contributed by atoms with Crippen LogP contribution in [0.25, 0.3) is 0 Å². The predicted molar refractivity (Wildman–Crippen MR) is 228 cm³/mol. The van der Waals surface area contributed by atoms with E-state index in [0.717, 1.165) is 4.90 Å². The Kier molecular flexibility index (Phi) is 13.7. The molecule has 0 radical (unpaired) electrons. The topological polar surface area (TPSA) is 151 Å². The van der Waals surface area contributed by atoms with Crippen LogP contribution >= 0.6 is 11.8 Å². The summed E-state index contributed by atoms with van der Waals surface area (Å²) in [5.41, 5.74) is 0.242. The molecule has 5 aromatic carbocycles. The molecule has 10 atom stereocenters. The quantitative estimate of drug-likeness (QED) is 0.0840. The second-order valence-corrected chi connectivity index (χ2v) is 16.7. The van der Waals surface area contributed by atoms with Gasteiger partial charge in [0.1, 0.15) is 36.5 Å². The van der Waals surface area contributed by atoms with E-state index >= 15 is 0 Å². The summed E-state index contributed by atoms with van der Waals surface area (Å²) in [6.07, 6.45) is -10.7. The Bertz CT molecular complexity index is 2320. The van der Waals surface area contributed by atoms with Crippen LogP contribution < -0.4 is 0 Å². The molecular formula is C49H46O13S. The van der Waals surface area contributed by atoms with E-state index in [1.54, 1.807) is 135 Å². The van der Waals surface area contributed by atoms with E-state index in [2.05, 4.69) is 0 Å². The van der Waals surface area contributed by atoms with E-state index in [1.165, 1.54) is 11.8 Å². The van der Waals surface area contributed by atoms with E-state index in [9.17, 15) is 19.2 Å². The smallest absolute Gasteiger partial charge is 0.338 e. The van der Waals surface area contributed by atoms with E-state index in [1.807, 2.05) is 37.3 Å². The predicted octanol–water partition coefficient (Wildman–Crippen LogP) is 7.69. The van der Waals surface area contributed by atoms with Gasteiger partial charge in [-0.25, -0.2) is 19.2 Å². The highest BCUT2D eigenvalue weighted by Crippen LogP contribution is 2.45. The Hall–Kier alpha value is -5.87. The number of rotatable bonds is 13. The third-order valence-corrected chi connectivity index (χ3v) is 11.7. The number of carbonyl (C=O) groups excluding carboxylic acids is 4. The summed E-state index contributed by atoms with van der Waals surface area (Å²) in [5, 5.41) is 0. The number of thioether (sulfide) groups is 1. The number of hydrogen-bond acceptors (Lipinski definition) is 14. The molecule has 0 bridgehead atoms. The molecule has 3 fully saturated rings. The van der Waals surface area contributed by atoms with Crippen LogP contribution in [-0.2, 0) is 42.6 Å². The molecule has 326 valence electrons. The van der Waals surface area contributed by atoms with Crippen molar-refractivity contribution in [2.75, 3.05) is 6.61 Å². The van der Waals surface area contributed by atoms with Gasteiger partial charge in [0, 0.05) is 4.90 Å². The number of esters is 4. The normalized spacial score (nSPS) is 27.3. The van der Waals surface area contributed by atoms with Gasteiger partial charge in [0.15, 0.2) is 30.4 Å². The van der Waals surface area contributed by atoms with Crippen molar-refractivity contribution in [1.82, 2.24) is 0 Å². The van der Waals surface area contributed by atoms with Crippen molar-refractivity contribution in [3.05, 3.63) is 174 Å². The molecule has 13 nitrogen and oxygen atoms in total. The molecule has 3 saturated heterocycles. The zero-order valence-corrected chi connectivity index (χ0v) is 35.4. The second-order valence-electron chi connectivity index (χ2n) is 15.5. The van der Waals surface area contributed by atoms with Crippen molar-refractivity contribution in [1.29, 1.82) is 0 Å². The van der Waals surface area contributed by atoms with Gasteiger partial charge in [-0.3, -0.25) is 0 Å². The van der Waals surface area contributed by atoms with Crippen LogP contribution in [0.5, 0.6) is 0 Å². The summed E-state index contributed by atoms with van der Waals surface area (Å²) in [6.45, 7) is 4.89. The second kappa shape index (κ2) is 19.7. The lowest BCUT2D eigenvalue weighted by Gasteiger charge is -2.47. The Morgan fingerprint density at radius 2 is 0.952 bits per heavy atom. The molecule has 5 aromatic rings. The highest BCUT2D eigenvalue weighted by molar-refractivity contribution is 7.99. The monoisotopic (exact) mass is 874 g/mol. The first-order valence-electron chi connectivity index (χ1n) is 20.6. The fraction of sp³-hybridized carbons (Fsp3) is 0.306. The summed E-state index contributed by atoms with van der Waals surface area (Å²) in [6, 6.07) is 42.6. The minimum absolute atomic E-state index is 0.160. The molecular weight excluding hydrogens is 829 g/mol. The van der Waals surface area contributed by atoms with Gasteiger partial charge in [-0.1, -0.05) is 103 Å². The van der Waals surface area contributed by atoms with Crippen molar-refractivity contribution >= 4 is 35.6 Å². The molecule has 14 heteroatoms. The van der Waals surface area contributed by atoms with Crippen molar-refractivity contribution in [3.63, 3.8) is 0 Å². The fourth-order valence-electron chi connectivity index (χ4n) is 7.62. The van der Waals surface area contributed by atoms with Crippen molar-refractivity contribution < 1.29 is 61.8 Å². The molecule has 63 heavy (non-hydrogen) atoms. The van der Waals surface area contributed by atoms with E-state index in [4.69, 9.17) is 42.6 Å². The molecule has 3 aliphatic rings. The Labute approximate surface area is 368 Å². The van der Waals surface area contributed by atoms with Gasteiger partial charge >= 0.3 is 23.9 Å². The zero-order valence-electron chi connectivity index (χ0n) is 34.6. The van der Waals surface area contributed by atoms with Gasteiger partial charge in [0.25, 0.3) is 0 Å². The number of carbonyl (C=O) groups is 4. The average molecular weight is 875 g/mol. The van der Waals surface area contributed by atoms with E-state index < -0.39 is 96.8 Å². The Morgan fingerprint density at radius 3 is 1.46 bits per heavy atom. The van der Waals surface area contributed by atoms with E-state index in [0.29, 0.717) is 0 Å². The molecule has 8 rings (SSSR count). The number of ether oxygens (including phenoxy) is 9. The maximum atomic E-state index is 14.1. The van der Waals surface area contributed by atoms with Crippen LogP contribution in [0.3, 0.4) is 0 Å². The number of benzene rings is 5. The third-order valence-electron chi connectivity index (χ3n) is 10.6. The highest BCUT2D eigenvalue weighted by Gasteiger charge is 2.59. The molecule has 0 amide bonds. The maximum absolute atomic E-state index is 14.1. The van der Waals surface area contributed by atoms with Crippen LogP contribution in [0.1, 0.15) is 62.2 Å². The molecule has 0 N–H and O–H groups in total. The van der Waals surface area contributed by atoms with Crippen LogP contribution in [0, 0.1) is 0 Å². The fourth-order valence-corrected chi connectivity index (χ4v) is 8.78. The minimum Gasteiger partial charge on any atom is -0.459 e. The van der Waals surface area contributed by atoms with Crippen LogP contribution in [-0.4, -0.2) is 96.8 Å². The molecule has 0 aliphatic carbocycles. The lowest BCUT2D eigenvalue weighted by atomic mass is 9.96. The first-order chi connectivity index (χ1) is 30.5. The standard InChI is InChI=1S/C49H46O13S/c1-30-37(40-42(62-49(2,3)61-40)48(55-30)63-35-27-17-8-18-28-35)60-47-41(59-46(53)34-25-15-7-16-26-34)39(58-45(52)33-23-13-6-14-24-33)38(57-44(51)32-21-11-5-12-22-32)36(56-47)29-54-43(50)31-19-9-4-10-20-31/h4-28,30,36-42,47-48H,29H2,1-3H3/t30-,36+,37-,38+,39-,40+,41+,42+,47-,48-/m0/s1. The highest BCUT2D eigenvalue weighted by atomic mass is 32.2. The van der Waals surface area contributed by atoms with Gasteiger partial charge in [0.05, 0.1) is 28.4 Å². The Morgan fingerprint density at radius 1 is 0.524 bits per heavy atom. The summed E-state index contributed by atoms with van der Waals surface area (Å²) in [4.78, 5) is 56.5. The zero-order chi connectivity index (χ0) is 43.9. The summed E-state index contributed by atoms with van der Waals surface area (Å²) < 4.78 is 57.6. The van der Waals surface area contributed by atoms with Gasteiger partial charge in [-0.2, -0.15) is 0 Å². The molecule has 3 aliphatic heterocycles. The Balaban J connectivity index is 1.19. The number of fused-ring (bicyclic) bond motifs is 1. The average Bonchev–Trinajstić information content (AvgIpc) is 3.65.